The fourth-order valence-electron chi connectivity index (χ4n) is 2.49. The Bertz CT molecular complexity index is 508. The van der Waals surface area contributed by atoms with Gasteiger partial charge in [-0.1, -0.05) is 0 Å². The van der Waals surface area contributed by atoms with Gasteiger partial charge in [0.25, 0.3) is 0 Å². The number of hydrogen-bond donors (Lipinski definition) is 2. The topological polar surface area (TPSA) is 81.8 Å². The number of aryl methyl sites for hydroxylation is 1. The Morgan fingerprint density at radius 1 is 1.37 bits per heavy atom. The first-order valence-corrected chi connectivity index (χ1v) is 6.17. The molecular weight excluding hydrogens is 246 g/mol. The second kappa shape index (κ2) is 4.74. The van der Waals surface area contributed by atoms with Gasteiger partial charge in [0.15, 0.2) is 0 Å². The Morgan fingerprint density at radius 3 is 2.42 bits per heavy atom. The largest absolute Gasteiger partial charge is 0.497 e. The van der Waals surface area contributed by atoms with E-state index in [2.05, 4.69) is 0 Å². The number of nitrogens with two attached hydrogens (primary N) is 1. The number of ether oxygens (including phenoxy) is 2. The third-order valence-corrected chi connectivity index (χ3v) is 3.90. The Morgan fingerprint density at radius 2 is 2.00 bits per heavy atom. The summed E-state index contributed by atoms with van der Waals surface area (Å²) >= 11 is 0. The van der Waals surface area contributed by atoms with E-state index < -0.39 is 17.4 Å². The predicted molar refractivity (Wildman–Crippen MR) is 70.5 cm³/mol. The highest BCUT2D eigenvalue weighted by Gasteiger charge is 2.56. The average Bonchev–Trinajstić information content (AvgIpc) is 3.18. The third-order valence-electron chi connectivity index (χ3n) is 3.90. The molecule has 1 unspecified atom stereocenters. The van der Waals surface area contributed by atoms with Crippen LogP contribution in [0, 0.1) is 12.3 Å². The number of aliphatic carboxylic acids is 1. The van der Waals surface area contributed by atoms with Gasteiger partial charge in [0.1, 0.15) is 11.5 Å². The van der Waals surface area contributed by atoms with Crippen molar-refractivity contribution in [3.05, 3.63) is 23.3 Å². The van der Waals surface area contributed by atoms with E-state index >= 15 is 0 Å². The molecule has 1 atom stereocenters. The van der Waals surface area contributed by atoms with Crippen LogP contribution in [0.5, 0.6) is 11.5 Å². The summed E-state index contributed by atoms with van der Waals surface area (Å²) in [5.41, 5.74) is 7.00. The van der Waals surface area contributed by atoms with Gasteiger partial charge in [0.2, 0.25) is 0 Å². The maximum atomic E-state index is 11.4. The second-order valence-electron chi connectivity index (χ2n) is 5.00. The van der Waals surface area contributed by atoms with Crippen LogP contribution in [0.3, 0.4) is 0 Å². The molecule has 0 spiro atoms. The number of methoxy groups -OCH3 is 2. The molecular formula is C14H19NO4. The first-order valence-electron chi connectivity index (χ1n) is 6.17. The highest BCUT2D eigenvalue weighted by Crippen LogP contribution is 2.56. The summed E-state index contributed by atoms with van der Waals surface area (Å²) in [6.45, 7) is 1.89. The first-order chi connectivity index (χ1) is 8.96. The molecule has 0 amide bonds. The molecule has 0 bridgehead atoms. The van der Waals surface area contributed by atoms with Gasteiger partial charge in [-0.3, -0.25) is 4.79 Å². The van der Waals surface area contributed by atoms with Crippen molar-refractivity contribution >= 4 is 5.97 Å². The molecule has 2 rings (SSSR count). The molecule has 1 saturated carbocycles. The number of carboxylic acid groups (broad SMARTS) is 1. The SMILES string of the molecule is COc1cc(C)c(C(N)C2(C(=O)O)CC2)c(OC)c1. The third kappa shape index (κ3) is 2.14. The van der Waals surface area contributed by atoms with E-state index in [1.807, 2.05) is 13.0 Å². The van der Waals surface area contributed by atoms with Gasteiger partial charge in [0.05, 0.1) is 19.6 Å². The number of benzene rings is 1. The van der Waals surface area contributed by atoms with E-state index in [1.54, 1.807) is 20.3 Å². The molecule has 0 aromatic heterocycles. The molecule has 3 N–H and O–H groups in total. The highest BCUT2D eigenvalue weighted by molar-refractivity contribution is 5.79. The molecule has 5 heteroatoms. The minimum atomic E-state index is -0.841. The summed E-state index contributed by atoms with van der Waals surface area (Å²) in [7, 11) is 3.12. The summed E-state index contributed by atoms with van der Waals surface area (Å²) < 4.78 is 10.5. The maximum Gasteiger partial charge on any atom is 0.311 e. The second-order valence-corrected chi connectivity index (χ2v) is 5.00. The highest BCUT2D eigenvalue weighted by atomic mass is 16.5. The molecule has 1 aromatic carbocycles. The molecule has 0 saturated heterocycles. The summed E-state index contributed by atoms with van der Waals surface area (Å²) in [4.78, 5) is 11.4. The van der Waals surface area contributed by atoms with Gasteiger partial charge in [-0.15, -0.1) is 0 Å². The van der Waals surface area contributed by atoms with Gasteiger partial charge >= 0.3 is 5.97 Å². The van der Waals surface area contributed by atoms with Gasteiger partial charge < -0.3 is 20.3 Å². The van der Waals surface area contributed by atoms with E-state index in [-0.39, 0.29) is 0 Å². The minimum absolute atomic E-state index is 0.564. The van der Waals surface area contributed by atoms with Crippen LogP contribution in [0.15, 0.2) is 12.1 Å². The van der Waals surface area contributed by atoms with Gasteiger partial charge in [-0.05, 0) is 31.4 Å². The molecule has 5 nitrogen and oxygen atoms in total. The van der Waals surface area contributed by atoms with E-state index in [1.165, 1.54) is 0 Å². The van der Waals surface area contributed by atoms with Crippen LogP contribution in [0.25, 0.3) is 0 Å². The van der Waals surface area contributed by atoms with Crippen molar-refractivity contribution in [2.24, 2.45) is 11.1 Å². The molecule has 104 valence electrons. The Hall–Kier alpha value is -1.75. The summed E-state index contributed by atoms with van der Waals surface area (Å²) in [6.07, 6.45) is 1.22. The Kier molecular flexibility index (Phi) is 3.41. The zero-order chi connectivity index (χ0) is 14.2. The summed E-state index contributed by atoms with van der Waals surface area (Å²) in [5.74, 6) is 0.416. The summed E-state index contributed by atoms with van der Waals surface area (Å²) in [5, 5.41) is 9.35. The molecule has 0 aliphatic heterocycles. The number of carboxylic acids is 1. The zero-order valence-corrected chi connectivity index (χ0v) is 11.4. The lowest BCUT2D eigenvalue weighted by Crippen LogP contribution is -2.30. The van der Waals surface area contributed by atoms with Crippen molar-refractivity contribution in [2.45, 2.75) is 25.8 Å². The lowest BCUT2D eigenvalue weighted by atomic mass is 9.87. The number of carbonyl (C=O) groups is 1. The minimum Gasteiger partial charge on any atom is -0.497 e. The van der Waals surface area contributed by atoms with E-state index in [4.69, 9.17) is 15.2 Å². The smallest absolute Gasteiger partial charge is 0.311 e. The molecule has 0 heterocycles. The Balaban J connectivity index is 2.47. The van der Waals surface area contributed by atoms with Crippen molar-refractivity contribution in [1.29, 1.82) is 0 Å². The van der Waals surface area contributed by atoms with Crippen LogP contribution in [0.2, 0.25) is 0 Å². The Labute approximate surface area is 112 Å². The monoisotopic (exact) mass is 265 g/mol. The van der Waals surface area contributed by atoms with Gasteiger partial charge in [-0.2, -0.15) is 0 Å². The number of rotatable bonds is 5. The lowest BCUT2D eigenvalue weighted by molar-refractivity contribution is -0.144. The quantitative estimate of drug-likeness (QED) is 0.849. The van der Waals surface area contributed by atoms with Crippen molar-refractivity contribution in [1.82, 2.24) is 0 Å². The van der Waals surface area contributed by atoms with Crippen LogP contribution < -0.4 is 15.2 Å². The fourth-order valence-corrected chi connectivity index (χ4v) is 2.49. The molecule has 1 aliphatic carbocycles. The van der Waals surface area contributed by atoms with Gasteiger partial charge in [-0.25, -0.2) is 0 Å². The molecule has 19 heavy (non-hydrogen) atoms. The summed E-state index contributed by atoms with van der Waals surface area (Å²) in [6, 6.07) is 3.02. The standard InChI is InChI=1S/C14H19NO4/c1-8-6-9(18-2)7-10(19-3)11(8)12(15)14(4-5-14)13(16)17/h6-7,12H,4-5,15H2,1-3H3,(H,16,17). The van der Waals surface area contributed by atoms with E-state index in [0.717, 1.165) is 11.1 Å². The van der Waals surface area contributed by atoms with Crippen molar-refractivity contribution < 1.29 is 19.4 Å². The first kappa shape index (κ1) is 13.7. The molecule has 0 radical (unpaired) electrons. The van der Waals surface area contributed by atoms with Crippen molar-refractivity contribution in [2.75, 3.05) is 14.2 Å². The van der Waals surface area contributed by atoms with Crippen molar-refractivity contribution in [3.63, 3.8) is 0 Å². The fraction of sp³-hybridized carbons (Fsp3) is 0.500. The van der Waals surface area contributed by atoms with Crippen molar-refractivity contribution in [3.8, 4) is 11.5 Å². The van der Waals surface area contributed by atoms with E-state index in [0.29, 0.717) is 24.3 Å². The van der Waals surface area contributed by atoms with E-state index in [9.17, 15) is 9.90 Å². The average molecular weight is 265 g/mol. The predicted octanol–water partition coefficient (Wildman–Crippen LogP) is 1.88. The lowest BCUT2D eigenvalue weighted by Gasteiger charge is -2.24. The number of hydrogen-bond acceptors (Lipinski definition) is 4. The van der Waals surface area contributed by atoms with Gasteiger partial charge in [0, 0.05) is 17.7 Å². The molecule has 1 aromatic rings. The molecule has 1 aliphatic rings. The van der Waals surface area contributed by atoms with Crippen LogP contribution >= 0.6 is 0 Å². The van der Waals surface area contributed by atoms with Crippen LogP contribution in [0.4, 0.5) is 0 Å². The van der Waals surface area contributed by atoms with Crippen LogP contribution in [-0.2, 0) is 4.79 Å². The maximum absolute atomic E-state index is 11.4. The molecule has 1 fully saturated rings. The zero-order valence-electron chi connectivity index (χ0n) is 11.4. The van der Waals surface area contributed by atoms with Crippen LogP contribution in [-0.4, -0.2) is 25.3 Å². The van der Waals surface area contributed by atoms with Crippen LogP contribution in [0.1, 0.15) is 30.0 Å². The normalized spacial score (nSPS) is 17.7.